The van der Waals surface area contributed by atoms with Crippen LogP contribution in [0.4, 0.5) is 5.69 Å². The molecule has 0 spiro atoms. The van der Waals surface area contributed by atoms with Crippen LogP contribution >= 0.6 is 51.5 Å². The second-order valence-corrected chi connectivity index (χ2v) is 11.0. The van der Waals surface area contributed by atoms with E-state index >= 15 is 0 Å². The van der Waals surface area contributed by atoms with Gasteiger partial charge in [0.25, 0.3) is 5.91 Å². The topological polar surface area (TPSA) is 48.0 Å². The number of ether oxygens (including phenoxy) is 3. The minimum atomic E-state index is -0.226. The summed E-state index contributed by atoms with van der Waals surface area (Å²) in [7, 11) is 3.13. The van der Waals surface area contributed by atoms with Gasteiger partial charge in [0.15, 0.2) is 15.8 Å². The number of nitrogens with zero attached hydrogens (tertiary/aromatic N) is 1. The molecule has 1 heterocycles. The molecule has 0 bridgehead atoms. The summed E-state index contributed by atoms with van der Waals surface area (Å²) in [6.07, 6.45) is 4.18. The zero-order valence-corrected chi connectivity index (χ0v) is 24.1. The van der Waals surface area contributed by atoms with Gasteiger partial charge in [0, 0.05) is 10.0 Å². The lowest BCUT2D eigenvalue weighted by Crippen LogP contribution is -2.27. The second-order valence-electron chi connectivity index (χ2n) is 7.96. The van der Waals surface area contributed by atoms with Gasteiger partial charge in [0.05, 0.1) is 29.8 Å². The van der Waals surface area contributed by atoms with Gasteiger partial charge < -0.3 is 14.2 Å². The summed E-state index contributed by atoms with van der Waals surface area (Å²) in [4.78, 5) is 15.3. The van der Waals surface area contributed by atoms with E-state index in [0.717, 1.165) is 21.2 Å². The van der Waals surface area contributed by atoms with Crippen molar-refractivity contribution < 1.29 is 19.0 Å². The Balaban J connectivity index is 1.63. The molecule has 3 aromatic rings. The zero-order valence-electron chi connectivity index (χ0n) is 20.1. The third kappa shape index (κ3) is 6.21. The number of methoxy groups -OCH3 is 2. The number of benzene rings is 3. The summed E-state index contributed by atoms with van der Waals surface area (Å²) in [5, 5.41) is 0.399. The molecule has 1 saturated heterocycles. The molecule has 0 aromatic heterocycles. The molecular formula is C28H23BrClNO4S2. The molecule has 0 N–H and O–H groups in total. The van der Waals surface area contributed by atoms with Crippen LogP contribution in [0.25, 0.3) is 6.08 Å². The lowest BCUT2D eigenvalue weighted by molar-refractivity contribution is -0.113. The maximum atomic E-state index is 13.3. The van der Waals surface area contributed by atoms with Crippen LogP contribution in [-0.2, 0) is 17.8 Å². The van der Waals surface area contributed by atoms with Gasteiger partial charge in [0.1, 0.15) is 12.4 Å². The van der Waals surface area contributed by atoms with Gasteiger partial charge in [-0.05, 0) is 66.1 Å². The number of hydrogen-bond donors (Lipinski definition) is 0. The molecule has 0 atom stereocenters. The quantitative estimate of drug-likeness (QED) is 0.139. The van der Waals surface area contributed by atoms with E-state index in [2.05, 4.69) is 22.5 Å². The predicted octanol–water partition coefficient (Wildman–Crippen LogP) is 7.83. The van der Waals surface area contributed by atoms with Gasteiger partial charge in [-0.15, -0.1) is 6.58 Å². The van der Waals surface area contributed by atoms with Crippen LogP contribution in [0, 0.1) is 0 Å². The van der Waals surface area contributed by atoms with E-state index in [-0.39, 0.29) is 5.91 Å². The minimum Gasteiger partial charge on any atom is -0.495 e. The van der Waals surface area contributed by atoms with Gasteiger partial charge in [-0.3, -0.25) is 9.69 Å². The van der Waals surface area contributed by atoms with Gasteiger partial charge >= 0.3 is 0 Å². The molecule has 1 aliphatic rings. The van der Waals surface area contributed by atoms with Crippen LogP contribution in [0.15, 0.2) is 76.6 Å². The molecule has 0 unspecified atom stereocenters. The van der Waals surface area contributed by atoms with Crippen molar-refractivity contribution in [2.75, 3.05) is 19.1 Å². The predicted molar refractivity (Wildman–Crippen MR) is 159 cm³/mol. The number of carbonyl (C=O) groups excluding carboxylic acids is 1. The van der Waals surface area contributed by atoms with Crippen molar-refractivity contribution in [1.29, 1.82) is 0 Å². The third-order valence-corrected chi connectivity index (χ3v) is 7.65. The van der Waals surface area contributed by atoms with Crippen molar-refractivity contribution in [3.8, 4) is 17.2 Å². The van der Waals surface area contributed by atoms with Crippen molar-refractivity contribution in [3.63, 3.8) is 0 Å². The minimum absolute atomic E-state index is 0.226. The molecule has 0 aliphatic carbocycles. The molecule has 1 amide bonds. The van der Waals surface area contributed by atoms with E-state index in [4.69, 9.17) is 38.0 Å². The number of thiocarbonyl (C=S) groups is 1. The molecule has 0 saturated carbocycles. The monoisotopic (exact) mass is 615 g/mol. The van der Waals surface area contributed by atoms with Crippen LogP contribution in [0.1, 0.15) is 16.7 Å². The fourth-order valence-electron chi connectivity index (χ4n) is 3.76. The highest BCUT2D eigenvalue weighted by atomic mass is 79.9. The number of carbonyl (C=O) groups is 1. The summed E-state index contributed by atoms with van der Waals surface area (Å²) < 4.78 is 18.5. The number of thioether (sulfide) groups is 1. The van der Waals surface area contributed by atoms with Gasteiger partial charge in [-0.25, -0.2) is 0 Å². The Hall–Kier alpha value is -2.78. The molecule has 1 fully saturated rings. The van der Waals surface area contributed by atoms with Crippen molar-refractivity contribution in [2.24, 2.45) is 0 Å². The number of halogens is 2. The third-order valence-electron chi connectivity index (χ3n) is 5.52. The Bertz CT molecular complexity index is 1390. The highest BCUT2D eigenvalue weighted by Gasteiger charge is 2.33. The van der Waals surface area contributed by atoms with Crippen molar-refractivity contribution >= 4 is 73.5 Å². The number of allylic oxidation sites excluding steroid dienone is 1. The Morgan fingerprint density at radius 1 is 1.08 bits per heavy atom. The molecule has 5 nitrogen and oxygen atoms in total. The lowest BCUT2D eigenvalue weighted by atomic mass is 10.0. The van der Waals surface area contributed by atoms with Crippen LogP contribution in [0.3, 0.4) is 0 Å². The van der Waals surface area contributed by atoms with E-state index in [1.807, 2.05) is 36.4 Å². The Labute approximate surface area is 239 Å². The first-order valence-corrected chi connectivity index (χ1v) is 13.5. The average molecular weight is 617 g/mol. The van der Waals surface area contributed by atoms with Gasteiger partial charge in [-0.2, -0.15) is 0 Å². The number of hydrogen-bond acceptors (Lipinski definition) is 6. The Morgan fingerprint density at radius 2 is 1.81 bits per heavy atom. The van der Waals surface area contributed by atoms with Gasteiger partial charge in [0.2, 0.25) is 0 Å². The Kier molecular flexibility index (Phi) is 8.97. The summed E-state index contributed by atoms with van der Waals surface area (Å²) in [6.45, 7) is 4.26. The number of amides is 1. The fraction of sp³-hybridized carbons (Fsp3) is 0.143. The number of anilines is 1. The molecule has 190 valence electrons. The molecule has 1 aliphatic heterocycles. The normalized spacial score (nSPS) is 14.3. The van der Waals surface area contributed by atoms with E-state index in [1.54, 1.807) is 37.5 Å². The average Bonchev–Trinajstić information content (AvgIpc) is 3.16. The van der Waals surface area contributed by atoms with E-state index in [1.165, 1.54) is 23.8 Å². The Morgan fingerprint density at radius 3 is 2.46 bits per heavy atom. The fourth-order valence-corrected chi connectivity index (χ4v) is 5.58. The molecule has 0 radical (unpaired) electrons. The second kappa shape index (κ2) is 12.2. The smallest absolute Gasteiger partial charge is 0.270 e. The summed E-state index contributed by atoms with van der Waals surface area (Å²) in [5.74, 6) is 1.51. The first-order chi connectivity index (χ1) is 17.8. The zero-order chi connectivity index (χ0) is 26.5. The maximum Gasteiger partial charge on any atom is 0.270 e. The maximum absolute atomic E-state index is 13.3. The highest BCUT2D eigenvalue weighted by molar-refractivity contribution is 9.10. The van der Waals surface area contributed by atoms with Crippen LogP contribution in [0.2, 0.25) is 5.02 Å². The SMILES string of the molecule is C=CCc1cc(/C=C2\SC(=S)N(c3ccc(OC)c(Cl)c3)C2=O)cc(OC)c1OCc1ccc(Br)cc1. The van der Waals surface area contributed by atoms with Crippen molar-refractivity contribution in [3.05, 3.63) is 98.3 Å². The largest absolute Gasteiger partial charge is 0.495 e. The van der Waals surface area contributed by atoms with E-state index in [9.17, 15) is 4.79 Å². The standard InChI is InChI=1S/C28H23BrClNO4S2/c1-4-5-19-12-18(13-24(34-3)26(19)35-16-17-6-8-20(29)9-7-17)14-25-27(32)31(28(36)37-25)21-10-11-23(33-2)22(30)15-21/h4,6-15H,1,5,16H2,2-3H3/b25-14-. The molecular weight excluding hydrogens is 594 g/mol. The van der Waals surface area contributed by atoms with Crippen LogP contribution < -0.4 is 19.1 Å². The summed E-state index contributed by atoms with van der Waals surface area (Å²) in [6, 6.07) is 16.9. The number of rotatable bonds is 9. The van der Waals surface area contributed by atoms with Gasteiger partial charge in [-0.1, -0.05) is 69.7 Å². The summed E-state index contributed by atoms with van der Waals surface area (Å²) in [5.41, 5.74) is 3.30. The molecule has 4 rings (SSSR count). The molecule has 3 aromatic carbocycles. The van der Waals surface area contributed by atoms with Crippen LogP contribution in [0.5, 0.6) is 17.2 Å². The first kappa shape index (κ1) is 27.3. The molecule has 37 heavy (non-hydrogen) atoms. The first-order valence-electron chi connectivity index (χ1n) is 11.1. The van der Waals surface area contributed by atoms with E-state index < -0.39 is 0 Å². The molecule has 9 heteroatoms. The van der Waals surface area contributed by atoms with Crippen molar-refractivity contribution in [1.82, 2.24) is 0 Å². The van der Waals surface area contributed by atoms with Crippen molar-refractivity contribution in [2.45, 2.75) is 13.0 Å². The highest BCUT2D eigenvalue weighted by Crippen LogP contribution is 2.40. The summed E-state index contributed by atoms with van der Waals surface area (Å²) >= 11 is 16.5. The van der Waals surface area contributed by atoms with E-state index in [0.29, 0.717) is 50.2 Å². The van der Waals surface area contributed by atoms with Crippen LogP contribution in [-0.4, -0.2) is 24.4 Å². The lowest BCUT2D eigenvalue weighted by Gasteiger charge is -2.16.